The molecule has 1 aromatic heterocycles. The number of aromatic nitrogens is 2. The summed E-state index contributed by atoms with van der Waals surface area (Å²) in [6.45, 7) is 0.225. The lowest BCUT2D eigenvalue weighted by atomic mass is 10.3. The lowest BCUT2D eigenvalue weighted by molar-refractivity contribution is 0.300. The first-order chi connectivity index (χ1) is 12.2. The molecule has 0 aliphatic rings. The lowest BCUT2D eigenvalue weighted by Gasteiger charge is -2.16. The minimum Gasteiger partial charge on any atom is -0.365 e. The molecule has 0 fully saturated rings. The SMILES string of the molecule is CNS(=O)(=O)CCCNc1nonc1C(=N)N(O)c1ccc(F)c(Br)c1. The fourth-order valence-electron chi connectivity index (χ4n) is 1.88. The van der Waals surface area contributed by atoms with E-state index >= 15 is 0 Å². The van der Waals surface area contributed by atoms with Gasteiger partial charge in [-0.3, -0.25) is 10.6 Å². The number of amidine groups is 1. The van der Waals surface area contributed by atoms with Gasteiger partial charge in [0.15, 0.2) is 11.5 Å². The Labute approximate surface area is 157 Å². The Bertz CT molecular complexity index is 891. The third kappa shape index (κ3) is 4.97. The van der Waals surface area contributed by atoms with Gasteiger partial charge in [-0.25, -0.2) is 27.2 Å². The van der Waals surface area contributed by atoms with Crippen LogP contribution in [0.4, 0.5) is 15.9 Å². The van der Waals surface area contributed by atoms with E-state index < -0.39 is 21.7 Å². The molecule has 0 unspecified atom stereocenters. The highest BCUT2D eigenvalue weighted by Crippen LogP contribution is 2.24. The molecule has 26 heavy (non-hydrogen) atoms. The van der Waals surface area contributed by atoms with Gasteiger partial charge in [0, 0.05) is 6.54 Å². The third-order valence-electron chi connectivity index (χ3n) is 3.27. The molecule has 0 saturated carbocycles. The first kappa shape index (κ1) is 20.2. The molecule has 0 bridgehead atoms. The van der Waals surface area contributed by atoms with Crippen LogP contribution in [0.5, 0.6) is 0 Å². The van der Waals surface area contributed by atoms with Crippen molar-refractivity contribution in [1.29, 1.82) is 5.41 Å². The topological polar surface area (TPSA) is 144 Å². The smallest absolute Gasteiger partial charge is 0.211 e. The summed E-state index contributed by atoms with van der Waals surface area (Å²) in [5, 5.41) is 28.6. The minimum absolute atomic E-state index is 0.0667. The van der Waals surface area contributed by atoms with E-state index in [9.17, 15) is 18.0 Å². The molecular formula is C13H16BrFN6O4S. The zero-order chi connectivity index (χ0) is 19.3. The molecule has 0 amide bonds. The van der Waals surface area contributed by atoms with Gasteiger partial charge in [0.25, 0.3) is 0 Å². The second-order valence-electron chi connectivity index (χ2n) is 5.02. The van der Waals surface area contributed by atoms with Gasteiger partial charge in [-0.1, -0.05) is 0 Å². The summed E-state index contributed by atoms with van der Waals surface area (Å²) in [4.78, 5) is 0. The molecule has 13 heteroatoms. The van der Waals surface area contributed by atoms with E-state index in [2.05, 4.69) is 40.9 Å². The first-order valence-electron chi connectivity index (χ1n) is 7.26. The lowest BCUT2D eigenvalue weighted by Crippen LogP contribution is -2.28. The fraction of sp³-hybridized carbons (Fsp3) is 0.308. The number of hydrogen-bond acceptors (Lipinski definition) is 8. The molecule has 0 spiro atoms. The van der Waals surface area contributed by atoms with E-state index in [1.165, 1.54) is 19.2 Å². The van der Waals surface area contributed by atoms with Gasteiger partial charge in [0.05, 0.1) is 15.9 Å². The van der Waals surface area contributed by atoms with Crippen molar-refractivity contribution in [1.82, 2.24) is 15.0 Å². The average molecular weight is 451 g/mol. The standard InChI is InChI=1S/C13H16BrFN6O4S/c1-17-26(23,24)6-2-5-18-13-11(19-25-20-13)12(16)21(22)8-3-4-10(15)9(14)7-8/h3-4,7,16-17,22H,2,5-6H2,1H3,(H,18,20). The van der Waals surface area contributed by atoms with Gasteiger partial charge < -0.3 is 5.32 Å². The van der Waals surface area contributed by atoms with Crippen molar-refractivity contribution in [3.63, 3.8) is 0 Å². The highest BCUT2D eigenvalue weighted by Gasteiger charge is 2.21. The van der Waals surface area contributed by atoms with Crippen LogP contribution in [0.25, 0.3) is 0 Å². The Morgan fingerprint density at radius 1 is 1.46 bits per heavy atom. The normalized spacial score (nSPS) is 11.4. The Kier molecular flexibility index (Phi) is 6.63. The monoisotopic (exact) mass is 450 g/mol. The number of nitrogens with zero attached hydrogens (tertiary/aromatic N) is 3. The van der Waals surface area contributed by atoms with E-state index in [0.29, 0.717) is 5.06 Å². The quantitative estimate of drug-likeness (QED) is 0.205. The van der Waals surface area contributed by atoms with Crippen molar-refractivity contribution in [3.8, 4) is 0 Å². The summed E-state index contributed by atoms with van der Waals surface area (Å²) in [5.41, 5.74) is 0.0294. The summed E-state index contributed by atoms with van der Waals surface area (Å²) in [6, 6.07) is 3.68. The molecule has 10 nitrogen and oxygen atoms in total. The summed E-state index contributed by atoms with van der Waals surface area (Å²) in [5.74, 6) is -1.01. The molecule has 0 radical (unpaired) electrons. The molecule has 2 rings (SSSR count). The van der Waals surface area contributed by atoms with Crippen LogP contribution in [0.3, 0.4) is 0 Å². The van der Waals surface area contributed by atoms with Crippen molar-refractivity contribution < 1.29 is 22.6 Å². The van der Waals surface area contributed by atoms with E-state index in [1.54, 1.807) is 0 Å². The number of halogens is 2. The number of nitrogens with one attached hydrogen (secondary N) is 3. The summed E-state index contributed by atoms with van der Waals surface area (Å²) >= 11 is 2.99. The van der Waals surface area contributed by atoms with Crippen LogP contribution in [0.15, 0.2) is 27.3 Å². The van der Waals surface area contributed by atoms with Crippen LogP contribution in [0.2, 0.25) is 0 Å². The van der Waals surface area contributed by atoms with Crippen LogP contribution >= 0.6 is 15.9 Å². The maximum atomic E-state index is 13.3. The van der Waals surface area contributed by atoms with Gasteiger partial charge in [-0.05, 0) is 57.9 Å². The van der Waals surface area contributed by atoms with Gasteiger partial charge >= 0.3 is 0 Å². The van der Waals surface area contributed by atoms with Crippen molar-refractivity contribution in [2.75, 3.05) is 29.7 Å². The molecule has 0 aliphatic carbocycles. The molecule has 2 aromatic rings. The van der Waals surface area contributed by atoms with Gasteiger partial charge in [0.1, 0.15) is 5.82 Å². The van der Waals surface area contributed by atoms with Gasteiger partial charge in [0.2, 0.25) is 15.8 Å². The predicted octanol–water partition coefficient (Wildman–Crippen LogP) is 1.54. The van der Waals surface area contributed by atoms with E-state index in [4.69, 9.17) is 5.41 Å². The van der Waals surface area contributed by atoms with Crippen LogP contribution in [0, 0.1) is 11.2 Å². The van der Waals surface area contributed by atoms with Gasteiger partial charge in [-0.15, -0.1) is 0 Å². The molecule has 1 heterocycles. The Morgan fingerprint density at radius 2 is 2.19 bits per heavy atom. The van der Waals surface area contributed by atoms with Gasteiger partial charge in [-0.2, -0.15) is 0 Å². The zero-order valence-corrected chi connectivity index (χ0v) is 15.9. The van der Waals surface area contributed by atoms with Crippen molar-refractivity contribution in [3.05, 3.63) is 34.2 Å². The number of anilines is 2. The molecule has 1 aromatic carbocycles. The van der Waals surface area contributed by atoms with E-state index in [0.717, 1.165) is 6.07 Å². The molecule has 142 valence electrons. The summed E-state index contributed by atoms with van der Waals surface area (Å²) in [7, 11) is -1.99. The molecule has 0 aliphatic heterocycles. The Balaban J connectivity index is 2.04. The second-order valence-corrected chi connectivity index (χ2v) is 7.92. The predicted molar refractivity (Wildman–Crippen MR) is 95.4 cm³/mol. The summed E-state index contributed by atoms with van der Waals surface area (Å²) < 4.78 is 42.9. The maximum absolute atomic E-state index is 13.3. The average Bonchev–Trinajstić information content (AvgIpc) is 3.08. The Hall–Kier alpha value is -2.09. The highest BCUT2D eigenvalue weighted by atomic mass is 79.9. The molecule has 0 saturated heterocycles. The largest absolute Gasteiger partial charge is 0.365 e. The number of rotatable bonds is 8. The fourth-order valence-corrected chi connectivity index (χ4v) is 2.97. The zero-order valence-electron chi connectivity index (χ0n) is 13.5. The van der Waals surface area contributed by atoms with Crippen molar-refractivity contribution in [2.24, 2.45) is 0 Å². The van der Waals surface area contributed by atoms with Crippen LogP contribution in [0.1, 0.15) is 12.1 Å². The van der Waals surface area contributed by atoms with Crippen molar-refractivity contribution >= 4 is 43.3 Å². The van der Waals surface area contributed by atoms with E-state index in [-0.39, 0.29) is 40.4 Å². The number of hydroxylamine groups is 1. The number of hydrogen-bond donors (Lipinski definition) is 4. The number of sulfonamides is 1. The van der Waals surface area contributed by atoms with Crippen LogP contribution in [-0.4, -0.2) is 49.1 Å². The highest BCUT2D eigenvalue weighted by molar-refractivity contribution is 9.10. The van der Waals surface area contributed by atoms with Crippen molar-refractivity contribution in [2.45, 2.75) is 6.42 Å². The summed E-state index contributed by atoms with van der Waals surface area (Å²) in [6.07, 6.45) is 0.274. The molecule has 4 N–H and O–H groups in total. The second kappa shape index (κ2) is 8.53. The minimum atomic E-state index is -3.32. The van der Waals surface area contributed by atoms with E-state index in [1.807, 2.05) is 0 Å². The van der Waals surface area contributed by atoms with Crippen LogP contribution < -0.4 is 15.1 Å². The first-order valence-corrected chi connectivity index (χ1v) is 9.70. The van der Waals surface area contributed by atoms with Crippen LogP contribution in [-0.2, 0) is 10.0 Å². The third-order valence-corrected chi connectivity index (χ3v) is 5.32. The maximum Gasteiger partial charge on any atom is 0.211 e. The Morgan fingerprint density at radius 3 is 2.85 bits per heavy atom. The number of benzene rings is 1. The molecular weight excluding hydrogens is 435 g/mol. The molecule has 0 atom stereocenters.